The van der Waals surface area contributed by atoms with Crippen LogP contribution in [0.1, 0.15) is 26.3 Å². The minimum Gasteiger partial charge on any atom is -0.211 e. The van der Waals surface area contributed by atoms with E-state index in [1.165, 1.54) is 28.6 Å². The predicted octanol–water partition coefficient (Wildman–Crippen LogP) is 9.57. The lowest BCUT2D eigenvalue weighted by Gasteiger charge is -2.26. The monoisotopic (exact) mass is 476 g/mol. The first-order valence-corrected chi connectivity index (χ1v) is 12.0. The van der Waals surface area contributed by atoms with Gasteiger partial charge in [0.15, 0.2) is 0 Å². The van der Waals surface area contributed by atoms with Crippen LogP contribution >= 0.6 is 35.1 Å². The van der Waals surface area contributed by atoms with E-state index < -0.39 is 0 Å². The third-order valence-electron chi connectivity index (χ3n) is 5.24. The minimum atomic E-state index is -0.0997. The Morgan fingerprint density at radius 1 is 0.688 bits per heavy atom. The van der Waals surface area contributed by atoms with E-state index in [1.54, 1.807) is 6.07 Å². The molecule has 32 heavy (non-hydrogen) atoms. The molecule has 0 aromatic heterocycles. The molecular weight excluding hydrogens is 453 g/mol. The molecule has 0 heterocycles. The van der Waals surface area contributed by atoms with Crippen LogP contribution in [-0.4, -0.2) is 0 Å². The van der Waals surface area contributed by atoms with Crippen LogP contribution in [0.5, 0.6) is 0 Å². The zero-order valence-electron chi connectivity index (χ0n) is 18.3. The van der Waals surface area contributed by atoms with E-state index in [9.17, 15) is 0 Å². The second-order valence-corrected chi connectivity index (χ2v) is 10.3. The third kappa shape index (κ3) is 5.15. The maximum Gasteiger partial charge on any atom is 0.0833 e. The summed E-state index contributed by atoms with van der Waals surface area (Å²) in [6.45, 7) is 6.68. The van der Waals surface area contributed by atoms with Crippen molar-refractivity contribution in [2.75, 3.05) is 0 Å². The molecule has 0 atom stereocenters. The molecule has 0 saturated heterocycles. The lowest BCUT2D eigenvalue weighted by Crippen LogP contribution is -2.14. The largest absolute Gasteiger partial charge is 0.211 e. The lowest BCUT2D eigenvalue weighted by molar-refractivity contribution is 0.591. The zero-order valence-corrected chi connectivity index (χ0v) is 20.6. The van der Waals surface area contributed by atoms with Gasteiger partial charge in [0.2, 0.25) is 0 Å². The highest BCUT2D eigenvalue weighted by Crippen LogP contribution is 2.43. The molecule has 0 bridgehead atoms. The molecule has 0 aliphatic heterocycles. The summed E-state index contributed by atoms with van der Waals surface area (Å²) >= 11 is 13.9. The normalized spacial score (nSPS) is 11.4. The smallest absolute Gasteiger partial charge is 0.0833 e. The summed E-state index contributed by atoms with van der Waals surface area (Å²) in [7, 11) is 0. The van der Waals surface area contributed by atoms with Crippen molar-refractivity contribution in [1.82, 2.24) is 4.72 Å². The van der Waals surface area contributed by atoms with Gasteiger partial charge >= 0.3 is 0 Å². The van der Waals surface area contributed by atoms with Crippen molar-refractivity contribution in [2.45, 2.75) is 31.1 Å². The number of hydrogen-bond acceptors (Lipinski definition) is 1. The number of benzene rings is 4. The quantitative estimate of drug-likeness (QED) is 0.261. The SMILES string of the molecule is CC(C)(C)c1cc(-c2ccccc2)cc(-c2ccccc2)c1[N]Sc1ccc(Cl)cc1Cl. The first-order valence-electron chi connectivity index (χ1n) is 10.5. The Morgan fingerprint density at radius 2 is 1.31 bits per heavy atom. The summed E-state index contributed by atoms with van der Waals surface area (Å²) < 4.78 is 5.03. The van der Waals surface area contributed by atoms with E-state index in [0.717, 1.165) is 21.7 Å². The minimum absolute atomic E-state index is 0.0997. The van der Waals surface area contributed by atoms with Crippen molar-refractivity contribution in [3.63, 3.8) is 0 Å². The molecule has 0 aliphatic carbocycles. The van der Waals surface area contributed by atoms with Crippen LogP contribution < -0.4 is 4.72 Å². The maximum absolute atomic E-state index is 6.42. The Bertz CT molecular complexity index is 1220. The summed E-state index contributed by atoms with van der Waals surface area (Å²) in [5.41, 5.74) is 6.68. The van der Waals surface area contributed by atoms with E-state index in [2.05, 4.69) is 81.4 Å². The molecule has 0 aliphatic rings. The maximum atomic E-state index is 6.42. The Morgan fingerprint density at radius 3 is 1.91 bits per heavy atom. The van der Waals surface area contributed by atoms with Crippen molar-refractivity contribution in [3.05, 3.63) is 107 Å². The number of rotatable bonds is 5. The second-order valence-electron chi connectivity index (χ2n) is 8.66. The van der Waals surface area contributed by atoms with Gasteiger partial charge < -0.3 is 0 Å². The van der Waals surface area contributed by atoms with E-state index in [4.69, 9.17) is 27.9 Å². The van der Waals surface area contributed by atoms with Gasteiger partial charge in [-0.25, -0.2) is 4.72 Å². The first-order chi connectivity index (χ1) is 15.3. The fourth-order valence-electron chi connectivity index (χ4n) is 3.58. The van der Waals surface area contributed by atoms with E-state index in [-0.39, 0.29) is 5.41 Å². The summed E-state index contributed by atoms with van der Waals surface area (Å²) in [6.07, 6.45) is 0. The predicted molar refractivity (Wildman–Crippen MR) is 140 cm³/mol. The van der Waals surface area contributed by atoms with Gasteiger partial charge in [0.1, 0.15) is 0 Å². The molecule has 0 saturated carbocycles. The van der Waals surface area contributed by atoms with Gasteiger partial charge in [-0.15, -0.1) is 0 Å². The highest BCUT2D eigenvalue weighted by molar-refractivity contribution is 7.97. The van der Waals surface area contributed by atoms with Gasteiger partial charge in [0, 0.05) is 27.4 Å². The molecule has 4 aromatic carbocycles. The molecule has 0 N–H and O–H groups in total. The fourth-order valence-corrected chi connectivity index (χ4v) is 4.76. The molecular formula is C28H24Cl2NS. The molecule has 4 aromatic rings. The average Bonchev–Trinajstić information content (AvgIpc) is 2.78. The molecule has 0 amide bonds. The van der Waals surface area contributed by atoms with Crippen molar-refractivity contribution in [3.8, 4) is 22.3 Å². The Balaban J connectivity index is 1.88. The number of hydrogen-bond donors (Lipinski definition) is 0. The van der Waals surface area contributed by atoms with Gasteiger partial charge in [-0.3, -0.25) is 0 Å². The number of nitrogens with zero attached hydrogens (tertiary/aromatic N) is 1. The van der Waals surface area contributed by atoms with Crippen LogP contribution in [0.25, 0.3) is 22.3 Å². The summed E-state index contributed by atoms with van der Waals surface area (Å²) in [4.78, 5) is 0.877. The zero-order chi connectivity index (χ0) is 22.7. The molecule has 4 heteroatoms. The van der Waals surface area contributed by atoms with Crippen LogP contribution in [0.2, 0.25) is 10.0 Å². The molecule has 4 rings (SSSR count). The highest BCUT2D eigenvalue weighted by Gasteiger charge is 2.24. The summed E-state index contributed by atoms with van der Waals surface area (Å²) in [5, 5.41) is 1.22. The van der Waals surface area contributed by atoms with Gasteiger partial charge in [-0.1, -0.05) is 105 Å². The van der Waals surface area contributed by atoms with Crippen molar-refractivity contribution >= 4 is 40.8 Å². The fraction of sp³-hybridized carbons (Fsp3) is 0.143. The van der Waals surface area contributed by atoms with Crippen molar-refractivity contribution in [2.24, 2.45) is 0 Å². The van der Waals surface area contributed by atoms with Crippen LogP contribution in [0.15, 0.2) is 95.9 Å². The Kier molecular flexibility index (Phi) is 6.85. The molecule has 161 valence electrons. The second kappa shape index (κ2) is 9.62. The van der Waals surface area contributed by atoms with Gasteiger partial charge in [0.05, 0.1) is 10.7 Å². The van der Waals surface area contributed by atoms with Crippen molar-refractivity contribution in [1.29, 1.82) is 0 Å². The lowest BCUT2D eigenvalue weighted by atomic mass is 9.81. The third-order valence-corrected chi connectivity index (χ3v) is 6.73. The van der Waals surface area contributed by atoms with Gasteiger partial charge in [0.25, 0.3) is 0 Å². The standard InChI is InChI=1S/C28H24Cl2NS/c1-28(2,3)24-17-21(19-10-6-4-7-11-19)16-23(20-12-8-5-9-13-20)27(24)31-32-26-15-14-22(29)18-25(26)30/h4-18H,1-3H3. The van der Waals surface area contributed by atoms with Crippen LogP contribution in [0.3, 0.4) is 0 Å². The van der Waals surface area contributed by atoms with Crippen molar-refractivity contribution < 1.29 is 0 Å². The molecule has 1 radical (unpaired) electrons. The molecule has 1 nitrogen and oxygen atoms in total. The average molecular weight is 477 g/mol. The first kappa shape index (κ1) is 22.8. The molecule has 0 spiro atoms. The van der Waals surface area contributed by atoms with E-state index >= 15 is 0 Å². The topological polar surface area (TPSA) is 14.1 Å². The molecule has 0 fully saturated rings. The van der Waals surface area contributed by atoms with Crippen LogP contribution in [0, 0.1) is 0 Å². The van der Waals surface area contributed by atoms with Crippen LogP contribution in [-0.2, 0) is 5.41 Å². The Hall–Kier alpha value is -2.39. The number of halogens is 2. The summed E-state index contributed by atoms with van der Waals surface area (Å²) in [6, 6.07) is 30.9. The van der Waals surface area contributed by atoms with Gasteiger partial charge in [-0.2, -0.15) is 0 Å². The summed E-state index contributed by atoms with van der Waals surface area (Å²) in [5.74, 6) is 0. The highest BCUT2D eigenvalue weighted by atomic mass is 35.5. The molecule has 0 unspecified atom stereocenters. The van der Waals surface area contributed by atoms with E-state index in [1.807, 2.05) is 24.3 Å². The van der Waals surface area contributed by atoms with Crippen LogP contribution in [0.4, 0.5) is 5.69 Å². The van der Waals surface area contributed by atoms with E-state index in [0.29, 0.717) is 10.0 Å². The van der Waals surface area contributed by atoms with Gasteiger partial charge in [-0.05, 0) is 58.0 Å². The Labute approximate surface area is 204 Å².